The molecule has 0 unspecified atom stereocenters. The zero-order valence-corrected chi connectivity index (χ0v) is 17.5. The van der Waals surface area contributed by atoms with E-state index < -0.39 is 5.97 Å². The van der Waals surface area contributed by atoms with E-state index in [1.54, 1.807) is 0 Å². The summed E-state index contributed by atoms with van der Waals surface area (Å²) >= 11 is 0. The summed E-state index contributed by atoms with van der Waals surface area (Å²) in [5.74, 6) is 0.0788. The number of aromatic nitrogens is 3. The summed E-state index contributed by atoms with van der Waals surface area (Å²) in [6.07, 6.45) is 7.70. The maximum Gasteiger partial charge on any atom is 0.308 e. The first-order valence-electron chi connectivity index (χ1n) is 11.0. The van der Waals surface area contributed by atoms with Crippen molar-refractivity contribution in [3.05, 3.63) is 47.7 Å². The van der Waals surface area contributed by atoms with Crippen LogP contribution < -0.4 is 4.90 Å². The van der Waals surface area contributed by atoms with Crippen molar-refractivity contribution < 1.29 is 9.90 Å². The minimum absolute atomic E-state index is 0.0354. The number of carbonyl (C=O) groups is 1. The monoisotopic (exact) mass is 404 g/mol. The Bertz CT molecular complexity index is 1070. The highest BCUT2D eigenvalue weighted by molar-refractivity contribution is 5.75. The van der Waals surface area contributed by atoms with Crippen molar-refractivity contribution in [1.29, 1.82) is 0 Å². The van der Waals surface area contributed by atoms with E-state index in [9.17, 15) is 9.90 Å². The summed E-state index contributed by atoms with van der Waals surface area (Å²) in [5, 5.41) is 14.4. The van der Waals surface area contributed by atoms with Crippen LogP contribution in [0.4, 0.5) is 5.82 Å². The third-order valence-corrected chi connectivity index (χ3v) is 7.07. The molecule has 1 aromatic carbocycles. The van der Waals surface area contributed by atoms with Crippen molar-refractivity contribution in [1.82, 2.24) is 14.6 Å². The third kappa shape index (κ3) is 3.34. The topological polar surface area (TPSA) is 70.7 Å². The summed E-state index contributed by atoms with van der Waals surface area (Å²) in [7, 11) is 0. The fraction of sp³-hybridized carbons (Fsp3) is 0.458. The van der Waals surface area contributed by atoms with Crippen LogP contribution >= 0.6 is 0 Å². The second-order valence-corrected chi connectivity index (χ2v) is 8.93. The van der Waals surface area contributed by atoms with Crippen LogP contribution in [-0.4, -0.2) is 38.8 Å². The van der Waals surface area contributed by atoms with Crippen molar-refractivity contribution in [3.8, 4) is 11.3 Å². The average molecular weight is 405 g/mol. The van der Waals surface area contributed by atoms with Gasteiger partial charge in [0.1, 0.15) is 5.82 Å². The number of aliphatic carboxylic acids is 1. The van der Waals surface area contributed by atoms with E-state index in [0.29, 0.717) is 5.41 Å². The van der Waals surface area contributed by atoms with E-state index in [1.807, 2.05) is 47.8 Å². The fourth-order valence-corrected chi connectivity index (χ4v) is 5.39. The second-order valence-electron chi connectivity index (χ2n) is 8.93. The maximum absolute atomic E-state index is 11.6. The van der Waals surface area contributed by atoms with Crippen molar-refractivity contribution in [3.63, 3.8) is 0 Å². The molecule has 1 spiro atoms. The third-order valence-electron chi connectivity index (χ3n) is 7.07. The molecular formula is C24H28N4O2. The van der Waals surface area contributed by atoms with Gasteiger partial charge in [-0.2, -0.15) is 9.61 Å². The number of benzene rings is 1. The first-order chi connectivity index (χ1) is 14.5. The molecule has 2 aromatic heterocycles. The molecule has 1 N–H and O–H groups in total. The number of anilines is 1. The number of hydrogen-bond acceptors (Lipinski definition) is 4. The quantitative estimate of drug-likeness (QED) is 0.694. The van der Waals surface area contributed by atoms with Crippen LogP contribution in [0, 0.1) is 12.3 Å². The van der Waals surface area contributed by atoms with Crippen LogP contribution in [0.15, 0.2) is 36.4 Å². The lowest BCUT2D eigenvalue weighted by molar-refractivity contribution is -0.136. The van der Waals surface area contributed by atoms with Gasteiger partial charge in [0.2, 0.25) is 0 Å². The Balaban J connectivity index is 1.60. The van der Waals surface area contributed by atoms with E-state index >= 15 is 0 Å². The summed E-state index contributed by atoms with van der Waals surface area (Å²) in [5.41, 5.74) is 4.73. The maximum atomic E-state index is 11.6. The van der Waals surface area contributed by atoms with E-state index in [-0.39, 0.29) is 6.42 Å². The molecule has 30 heavy (non-hydrogen) atoms. The van der Waals surface area contributed by atoms with Crippen molar-refractivity contribution in [2.75, 3.05) is 18.0 Å². The largest absolute Gasteiger partial charge is 0.481 e. The molecule has 3 aromatic rings. The van der Waals surface area contributed by atoms with Crippen molar-refractivity contribution in [2.24, 2.45) is 5.41 Å². The first-order valence-corrected chi connectivity index (χ1v) is 11.0. The van der Waals surface area contributed by atoms with Crippen LogP contribution in [0.2, 0.25) is 0 Å². The van der Waals surface area contributed by atoms with Crippen LogP contribution in [0.25, 0.3) is 16.9 Å². The van der Waals surface area contributed by atoms with Gasteiger partial charge in [0, 0.05) is 36.0 Å². The van der Waals surface area contributed by atoms with Crippen molar-refractivity contribution in [2.45, 2.75) is 51.9 Å². The molecule has 1 aliphatic carbocycles. The van der Waals surface area contributed by atoms with E-state index in [4.69, 9.17) is 10.1 Å². The fourth-order valence-electron chi connectivity index (χ4n) is 5.39. The molecule has 0 radical (unpaired) electrons. The molecular weight excluding hydrogens is 376 g/mol. The van der Waals surface area contributed by atoms with Crippen LogP contribution in [-0.2, 0) is 11.2 Å². The number of hydrogen-bond donors (Lipinski definition) is 1. The molecule has 2 fully saturated rings. The van der Waals surface area contributed by atoms with Gasteiger partial charge in [-0.1, -0.05) is 43.2 Å². The summed E-state index contributed by atoms with van der Waals surface area (Å²) in [4.78, 5) is 18.7. The van der Waals surface area contributed by atoms with Gasteiger partial charge < -0.3 is 10.0 Å². The number of nitrogens with zero attached hydrogens (tertiary/aromatic N) is 4. The molecule has 1 aliphatic heterocycles. The molecule has 6 heteroatoms. The zero-order chi connectivity index (χ0) is 20.7. The SMILES string of the molecule is Cc1nc2cc(-c3ccccc3)nn2c(N2CCC3(CCCC3)CC2)c1CC(=O)O. The number of fused-ring (bicyclic) bond motifs is 1. The highest BCUT2D eigenvalue weighted by Gasteiger charge is 2.38. The molecule has 0 bridgehead atoms. The Morgan fingerprint density at radius 2 is 1.80 bits per heavy atom. The molecule has 1 saturated carbocycles. The number of carboxylic acids is 1. The molecule has 1 saturated heterocycles. The minimum atomic E-state index is -0.833. The first kappa shape index (κ1) is 19.1. The second kappa shape index (κ2) is 7.42. The standard InChI is InChI=1S/C24H28N4O2/c1-17-19(15-22(29)30)23(27-13-11-24(12-14-27)9-5-6-10-24)28-21(25-17)16-20(26-28)18-7-3-2-4-8-18/h2-4,7-8,16H,5-6,9-15H2,1H3,(H,29,30). The lowest BCUT2D eigenvalue weighted by atomic mass is 9.77. The highest BCUT2D eigenvalue weighted by atomic mass is 16.4. The molecule has 0 amide bonds. The van der Waals surface area contributed by atoms with Gasteiger partial charge in [-0.05, 0) is 38.0 Å². The van der Waals surface area contributed by atoms with Crippen LogP contribution in [0.5, 0.6) is 0 Å². The Kier molecular flexibility index (Phi) is 4.72. The van der Waals surface area contributed by atoms with Gasteiger partial charge in [0.25, 0.3) is 0 Å². The summed E-state index contributed by atoms with van der Waals surface area (Å²) in [6.45, 7) is 3.82. The Morgan fingerprint density at radius 3 is 2.47 bits per heavy atom. The molecule has 0 atom stereocenters. The average Bonchev–Trinajstić information content (AvgIpc) is 3.37. The number of carboxylic acid groups (broad SMARTS) is 1. The van der Waals surface area contributed by atoms with E-state index in [0.717, 1.165) is 47.1 Å². The molecule has 156 valence electrons. The summed E-state index contributed by atoms with van der Waals surface area (Å²) < 4.78 is 1.88. The number of aryl methyl sites for hydroxylation is 1. The normalized spacial score (nSPS) is 18.4. The Labute approximate surface area is 176 Å². The highest BCUT2D eigenvalue weighted by Crippen LogP contribution is 2.47. The molecule has 6 nitrogen and oxygen atoms in total. The minimum Gasteiger partial charge on any atom is -0.481 e. The van der Waals surface area contributed by atoms with Gasteiger partial charge in [-0.3, -0.25) is 4.79 Å². The van der Waals surface area contributed by atoms with E-state index in [1.165, 1.54) is 38.5 Å². The Hall–Kier alpha value is -2.89. The summed E-state index contributed by atoms with van der Waals surface area (Å²) in [6, 6.07) is 12.1. The van der Waals surface area contributed by atoms with Gasteiger partial charge >= 0.3 is 5.97 Å². The Morgan fingerprint density at radius 1 is 1.10 bits per heavy atom. The predicted octanol–water partition coefficient (Wildman–Crippen LogP) is 4.49. The number of piperidine rings is 1. The van der Waals surface area contributed by atoms with Crippen LogP contribution in [0.3, 0.4) is 0 Å². The molecule has 5 rings (SSSR count). The van der Waals surface area contributed by atoms with Crippen LogP contribution in [0.1, 0.15) is 49.8 Å². The van der Waals surface area contributed by atoms with Gasteiger partial charge in [-0.15, -0.1) is 0 Å². The number of rotatable bonds is 4. The molecule has 3 heterocycles. The smallest absolute Gasteiger partial charge is 0.308 e. The van der Waals surface area contributed by atoms with Gasteiger partial charge in [-0.25, -0.2) is 4.98 Å². The predicted molar refractivity (Wildman–Crippen MR) is 117 cm³/mol. The zero-order valence-electron chi connectivity index (χ0n) is 17.5. The lowest BCUT2D eigenvalue weighted by Gasteiger charge is -2.41. The lowest BCUT2D eigenvalue weighted by Crippen LogP contribution is -2.40. The van der Waals surface area contributed by atoms with Gasteiger partial charge in [0.15, 0.2) is 5.65 Å². The molecule has 2 aliphatic rings. The van der Waals surface area contributed by atoms with Gasteiger partial charge in [0.05, 0.1) is 12.1 Å². The van der Waals surface area contributed by atoms with Crippen molar-refractivity contribution >= 4 is 17.4 Å². The van der Waals surface area contributed by atoms with E-state index in [2.05, 4.69) is 4.90 Å².